The third-order valence-corrected chi connectivity index (χ3v) is 1.43. The van der Waals surface area contributed by atoms with Gasteiger partial charge in [-0.1, -0.05) is 0 Å². The maximum Gasteiger partial charge on any atom is 0.319 e. The highest BCUT2D eigenvalue weighted by molar-refractivity contribution is 5.24. The molecule has 0 aliphatic carbocycles. The summed E-state index contributed by atoms with van der Waals surface area (Å²) in [6.07, 6.45) is 1.29. The number of methoxy groups -OCH3 is 2. The van der Waals surface area contributed by atoms with E-state index in [4.69, 9.17) is 17.0 Å². The molecule has 1 aromatic rings. The molecule has 0 fully saturated rings. The van der Waals surface area contributed by atoms with Crippen molar-refractivity contribution in [3.8, 4) is 11.9 Å². The van der Waals surface area contributed by atoms with E-state index in [1.807, 2.05) is 0 Å². The van der Waals surface area contributed by atoms with Crippen molar-refractivity contribution in [3.05, 3.63) is 11.8 Å². The highest BCUT2D eigenvalue weighted by Gasteiger charge is 2.07. The zero-order valence-corrected chi connectivity index (χ0v) is 8.40. The number of hydrogen-bond acceptors (Lipinski definition) is 5. The first kappa shape index (κ1) is 7.99. The summed E-state index contributed by atoms with van der Waals surface area (Å²) in [5.41, 5.74) is 0.137. The van der Waals surface area contributed by atoms with E-state index in [0.29, 0.717) is 0 Å². The van der Waals surface area contributed by atoms with Gasteiger partial charge in [0.25, 0.3) is 0 Å². The molecule has 0 bridgehead atoms. The predicted octanol–water partition coefficient (Wildman–Crippen LogP) is 1.03. The van der Waals surface area contributed by atoms with Crippen LogP contribution in [0.2, 0.25) is 0 Å². The van der Waals surface area contributed by atoms with E-state index in [9.17, 15) is 0 Å². The van der Waals surface area contributed by atoms with Gasteiger partial charge in [0.2, 0.25) is 5.88 Å². The van der Waals surface area contributed by atoms with Gasteiger partial charge in [-0.05, 0) is 6.92 Å². The fraction of sp³-hybridized carbons (Fsp3) is 0.556. The lowest BCUT2D eigenvalue weighted by molar-refractivity contribution is 0.131. The first-order valence-corrected chi connectivity index (χ1v) is 4.14. The van der Waals surface area contributed by atoms with E-state index >= 15 is 0 Å². The Labute approximate surface area is 85.8 Å². The molecule has 0 saturated heterocycles. The maximum atomic E-state index is 7.68. The largest absolute Gasteiger partial charge is 0.481 e. The Morgan fingerprint density at radius 1 is 1.43 bits per heavy atom. The molecule has 0 unspecified atom stereocenters. The van der Waals surface area contributed by atoms with Gasteiger partial charge in [-0.15, -0.1) is 0 Å². The van der Waals surface area contributed by atoms with Crippen molar-refractivity contribution in [3.63, 3.8) is 0 Å². The first-order valence-electron chi connectivity index (χ1n) is 5.14. The summed E-state index contributed by atoms with van der Waals surface area (Å²) in [6, 6.07) is 0.118. The third-order valence-electron chi connectivity index (χ3n) is 1.43. The van der Waals surface area contributed by atoms with E-state index in [0.717, 1.165) is 0 Å². The Morgan fingerprint density at radius 2 is 2.21 bits per heavy atom. The van der Waals surface area contributed by atoms with Crippen LogP contribution in [-0.4, -0.2) is 30.8 Å². The van der Waals surface area contributed by atoms with Gasteiger partial charge in [0.1, 0.15) is 0 Å². The standard InChI is InChI=1S/C9H14N2O3/c1-4-14-6-7-5-10-9(13-3)11-8(7)12-2/h5H,4,6H2,1-3H3/i6D2. The molecular weight excluding hydrogens is 184 g/mol. The molecular formula is C9H14N2O3. The number of hydrogen-bond donors (Lipinski definition) is 0. The second-order valence-electron chi connectivity index (χ2n) is 2.31. The molecule has 14 heavy (non-hydrogen) atoms. The molecule has 0 aliphatic heterocycles. The number of aromatic nitrogens is 2. The van der Waals surface area contributed by atoms with Crippen LogP contribution in [-0.2, 0) is 11.3 Å². The molecule has 5 heteroatoms. The summed E-state index contributed by atoms with van der Waals surface area (Å²) >= 11 is 0. The van der Waals surface area contributed by atoms with E-state index in [1.54, 1.807) is 6.92 Å². The summed E-state index contributed by atoms with van der Waals surface area (Å²) in [6.45, 7) is -0.0385. The van der Waals surface area contributed by atoms with E-state index in [2.05, 4.69) is 9.97 Å². The van der Waals surface area contributed by atoms with Crippen LogP contribution in [0, 0.1) is 0 Å². The van der Waals surface area contributed by atoms with E-state index in [1.165, 1.54) is 20.4 Å². The SMILES string of the molecule is [2H]C([2H])(OCC)c1cnc(OC)nc1OC. The highest BCUT2D eigenvalue weighted by atomic mass is 16.5. The van der Waals surface area contributed by atoms with Gasteiger partial charge in [0.05, 0.1) is 29.1 Å². The van der Waals surface area contributed by atoms with Crippen molar-refractivity contribution in [1.82, 2.24) is 9.97 Å². The summed E-state index contributed by atoms with van der Waals surface area (Å²) in [5, 5.41) is 0. The molecule has 0 aromatic carbocycles. The molecule has 0 N–H and O–H groups in total. The number of rotatable bonds is 5. The van der Waals surface area contributed by atoms with Gasteiger partial charge in [0.15, 0.2) is 0 Å². The molecule has 0 radical (unpaired) electrons. The molecule has 0 atom stereocenters. The van der Waals surface area contributed by atoms with Crippen LogP contribution in [0.3, 0.4) is 0 Å². The molecule has 5 nitrogen and oxygen atoms in total. The molecule has 78 valence electrons. The minimum Gasteiger partial charge on any atom is -0.481 e. The Balaban J connectivity index is 3.12. The van der Waals surface area contributed by atoms with Crippen molar-refractivity contribution >= 4 is 0 Å². The molecule has 0 spiro atoms. The number of nitrogens with zero attached hydrogens (tertiary/aromatic N) is 2. The van der Waals surface area contributed by atoms with Crippen LogP contribution in [0.4, 0.5) is 0 Å². The van der Waals surface area contributed by atoms with Gasteiger partial charge in [-0.3, -0.25) is 0 Å². The quantitative estimate of drug-likeness (QED) is 0.710. The lowest BCUT2D eigenvalue weighted by Crippen LogP contribution is -2.01. The first-order chi connectivity index (χ1) is 7.55. The van der Waals surface area contributed by atoms with Crippen molar-refractivity contribution in [1.29, 1.82) is 0 Å². The minimum atomic E-state index is -1.98. The molecule has 0 saturated carbocycles. The van der Waals surface area contributed by atoms with E-state index in [-0.39, 0.29) is 24.1 Å². The molecule has 0 aliphatic rings. The fourth-order valence-corrected chi connectivity index (χ4v) is 0.825. The summed E-state index contributed by atoms with van der Waals surface area (Å²) in [7, 11) is 2.82. The lowest BCUT2D eigenvalue weighted by atomic mass is 10.3. The van der Waals surface area contributed by atoms with E-state index < -0.39 is 6.56 Å². The Hall–Kier alpha value is -1.36. The van der Waals surface area contributed by atoms with Gasteiger partial charge in [0, 0.05) is 12.8 Å². The second kappa shape index (κ2) is 5.39. The zero-order valence-electron chi connectivity index (χ0n) is 10.4. The fourth-order valence-electron chi connectivity index (χ4n) is 0.825. The molecule has 1 aromatic heterocycles. The van der Waals surface area contributed by atoms with Crippen molar-refractivity contribution < 1.29 is 17.0 Å². The van der Waals surface area contributed by atoms with Gasteiger partial charge >= 0.3 is 6.01 Å². The monoisotopic (exact) mass is 200 g/mol. The van der Waals surface area contributed by atoms with Gasteiger partial charge in [-0.25, -0.2) is 4.98 Å². The third kappa shape index (κ3) is 2.56. The van der Waals surface area contributed by atoms with Gasteiger partial charge < -0.3 is 14.2 Å². The van der Waals surface area contributed by atoms with Crippen LogP contribution in [0.15, 0.2) is 6.20 Å². The minimum absolute atomic E-state index is 0.102. The smallest absolute Gasteiger partial charge is 0.319 e. The maximum absolute atomic E-state index is 7.68. The summed E-state index contributed by atoms with van der Waals surface area (Å²) in [4.78, 5) is 7.70. The zero-order chi connectivity index (χ0) is 12.2. The predicted molar refractivity (Wildman–Crippen MR) is 50.5 cm³/mol. The highest BCUT2D eigenvalue weighted by Crippen LogP contribution is 2.17. The molecule has 1 rings (SSSR count). The average molecular weight is 200 g/mol. The van der Waals surface area contributed by atoms with Crippen LogP contribution >= 0.6 is 0 Å². The Morgan fingerprint density at radius 3 is 2.79 bits per heavy atom. The summed E-state index contributed by atoms with van der Waals surface area (Å²) in [5.74, 6) is 0.102. The number of ether oxygens (including phenoxy) is 3. The molecule has 1 heterocycles. The second-order valence-corrected chi connectivity index (χ2v) is 2.31. The molecule has 0 amide bonds. The van der Waals surface area contributed by atoms with Crippen molar-refractivity contribution in [2.45, 2.75) is 13.5 Å². The Kier molecular flexibility index (Phi) is 3.07. The summed E-state index contributed by atoms with van der Waals surface area (Å²) < 4.78 is 30.1. The average Bonchev–Trinajstić information content (AvgIpc) is 2.28. The Bertz CT molecular complexity index is 361. The van der Waals surface area contributed by atoms with Crippen molar-refractivity contribution in [2.24, 2.45) is 0 Å². The van der Waals surface area contributed by atoms with Gasteiger partial charge in [-0.2, -0.15) is 4.98 Å². The van der Waals surface area contributed by atoms with Crippen LogP contribution in [0.5, 0.6) is 11.9 Å². The van der Waals surface area contributed by atoms with Crippen LogP contribution in [0.25, 0.3) is 0 Å². The van der Waals surface area contributed by atoms with Crippen LogP contribution in [0.1, 0.15) is 15.2 Å². The topological polar surface area (TPSA) is 53.5 Å². The lowest BCUT2D eigenvalue weighted by Gasteiger charge is -2.07. The normalized spacial score (nSPS) is 13.1. The van der Waals surface area contributed by atoms with Crippen molar-refractivity contribution in [2.75, 3.05) is 20.8 Å². The van der Waals surface area contributed by atoms with Crippen LogP contribution < -0.4 is 9.47 Å².